The van der Waals surface area contributed by atoms with E-state index in [1.54, 1.807) is 6.08 Å². The van der Waals surface area contributed by atoms with E-state index in [1.807, 2.05) is 6.08 Å². The lowest BCUT2D eigenvalue weighted by Crippen LogP contribution is -2.30. The van der Waals surface area contributed by atoms with Gasteiger partial charge in [0.05, 0.1) is 6.42 Å². The molecule has 0 saturated carbocycles. The average molecular weight is 1140 g/mol. The topological polar surface area (TPSA) is 78.9 Å². The van der Waals surface area contributed by atoms with E-state index in [2.05, 4.69) is 227 Å². The van der Waals surface area contributed by atoms with Crippen LogP contribution in [0.3, 0.4) is 0 Å². The summed E-state index contributed by atoms with van der Waals surface area (Å²) in [6, 6.07) is 0. The lowest BCUT2D eigenvalue weighted by Gasteiger charge is -2.18. The summed E-state index contributed by atoms with van der Waals surface area (Å²) in [6.07, 6.45) is 107. The molecule has 83 heavy (non-hydrogen) atoms. The monoisotopic (exact) mass is 1130 g/mol. The number of allylic oxidation sites excluding steroid dienone is 35. The van der Waals surface area contributed by atoms with Gasteiger partial charge in [-0.3, -0.25) is 14.4 Å². The highest BCUT2D eigenvalue weighted by Crippen LogP contribution is 2.13. The van der Waals surface area contributed by atoms with Crippen LogP contribution in [0.2, 0.25) is 0 Å². The van der Waals surface area contributed by atoms with Gasteiger partial charge in [-0.05, 0) is 148 Å². The molecule has 0 spiro atoms. The smallest absolute Gasteiger partial charge is 0.309 e. The molecule has 0 heterocycles. The summed E-state index contributed by atoms with van der Waals surface area (Å²) in [5.41, 5.74) is 0. The SMILES string of the molecule is CC/C=C\C/C=C\C/C=C\C/C=C\C/C=C\C/C=C\C/C=C\CCCC(=O)OC(COC(=O)C/C=C\C/C=C\C/C=C\C/C=C\C/C=C\CC)COC(=O)CCCCCCCCCC/C=C\C/C=C\C/C=C\C/C=C\C/C=C\C/C=C\CC. The Labute approximate surface area is 508 Å². The van der Waals surface area contributed by atoms with Crippen molar-refractivity contribution in [2.75, 3.05) is 13.2 Å². The van der Waals surface area contributed by atoms with Crippen molar-refractivity contribution in [2.24, 2.45) is 0 Å². The number of unbranched alkanes of at least 4 members (excludes halogenated alkanes) is 9. The maximum Gasteiger partial charge on any atom is 0.309 e. The highest BCUT2D eigenvalue weighted by Gasteiger charge is 2.19. The predicted octanol–water partition coefficient (Wildman–Crippen LogP) is 22.5. The lowest BCUT2D eigenvalue weighted by atomic mass is 10.1. The van der Waals surface area contributed by atoms with Gasteiger partial charge in [-0.25, -0.2) is 0 Å². The van der Waals surface area contributed by atoms with Gasteiger partial charge in [0, 0.05) is 12.8 Å². The van der Waals surface area contributed by atoms with Gasteiger partial charge >= 0.3 is 17.9 Å². The lowest BCUT2D eigenvalue weighted by molar-refractivity contribution is -0.166. The van der Waals surface area contributed by atoms with Crippen molar-refractivity contribution in [3.8, 4) is 0 Å². The zero-order valence-electron chi connectivity index (χ0n) is 52.4. The summed E-state index contributed by atoms with van der Waals surface area (Å²) in [6.45, 7) is 6.13. The summed E-state index contributed by atoms with van der Waals surface area (Å²) in [4.78, 5) is 38.3. The molecule has 0 aromatic carbocycles. The van der Waals surface area contributed by atoms with E-state index in [-0.39, 0.29) is 32.0 Å². The molecule has 0 aliphatic carbocycles. The number of hydrogen-bond donors (Lipinski definition) is 0. The Balaban J connectivity index is 4.59. The molecular formula is C77H114O6. The Hall–Kier alpha value is -6.27. The molecular weight excluding hydrogens is 1020 g/mol. The highest BCUT2D eigenvalue weighted by molar-refractivity contribution is 5.72. The van der Waals surface area contributed by atoms with Crippen molar-refractivity contribution in [1.82, 2.24) is 0 Å². The molecule has 0 aliphatic heterocycles. The standard InChI is InChI=1S/C77H114O6/c1-4-7-10-13-16-19-22-25-28-30-32-34-36-37-38-39-41-42-44-46-49-52-55-58-61-64-67-70-76(79)82-73-74(72-81-75(78)69-66-63-60-57-54-51-48-27-24-21-18-15-12-9-6-3)83-77(80)71-68-65-62-59-56-53-50-47-45-43-40-35-33-31-29-26-23-20-17-14-11-8-5-2/h7-12,16-21,25-29,32-35,37-38,41-43,45,48,50,53-54,57,59,62-63,66,74H,4-6,13-15,22-24,30-31,36,39-40,44,46-47,49,51-52,55-56,58,60-61,64-65,67-73H2,1-3H3/b10-7-,11-8-,12-9-,19-16-,20-17-,21-18-,28-25-,29-26-,34-32-,35-33-,38-37-,42-41-,45-43-,48-27-,53-50-,57-54-,62-59-,66-63-. The summed E-state index contributed by atoms with van der Waals surface area (Å²) < 4.78 is 16.7. The van der Waals surface area contributed by atoms with Crippen LogP contribution in [-0.2, 0) is 28.6 Å². The van der Waals surface area contributed by atoms with Gasteiger partial charge in [0.25, 0.3) is 0 Å². The van der Waals surface area contributed by atoms with E-state index < -0.39 is 18.0 Å². The summed E-state index contributed by atoms with van der Waals surface area (Å²) in [5.74, 6) is -1.16. The molecule has 0 radical (unpaired) electrons. The Morgan fingerprint density at radius 1 is 0.253 bits per heavy atom. The van der Waals surface area contributed by atoms with Crippen molar-refractivity contribution >= 4 is 17.9 Å². The minimum absolute atomic E-state index is 0.100. The Kier molecular flexibility index (Phi) is 63.1. The number of ether oxygens (including phenoxy) is 3. The molecule has 6 nitrogen and oxygen atoms in total. The first-order valence-corrected chi connectivity index (χ1v) is 32.2. The number of esters is 3. The summed E-state index contributed by atoms with van der Waals surface area (Å²) in [7, 11) is 0. The molecule has 0 aliphatic rings. The molecule has 1 atom stereocenters. The molecule has 0 aromatic heterocycles. The minimum atomic E-state index is -0.869. The van der Waals surface area contributed by atoms with Crippen LogP contribution < -0.4 is 0 Å². The molecule has 0 aromatic rings. The molecule has 0 rings (SSSR count). The van der Waals surface area contributed by atoms with Crippen LogP contribution in [-0.4, -0.2) is 37.2 Å². The van der Waals surface area contributed by atoms with Crippen LogP contribution in [0.4, 0.5) is 0 Å². The zero-order chi connectivity index (χ0) is 59.9. The van der Waals surface area contributed by atoms with E-state index in [1.165, 1.54) is 25.7 Å². The third kappa shape index (κ3) is 66.4. The van der Waals surface area contributed by atoms with Crippen molar-refractivity contribution in [3.63, 3.8) is 0 Å². The summed E-state index contributed by atoms with van der Waals surface area (Å²) >= 11 is 0. The van der Waals surface area contributed by atoms with Crippen LogP contribution in [0.25, 0.3) is 0 Å². The number of rotatable bonds is 55. The van der Waals surface area contributed by atoms with Gasteiger partial charge in [0.15, 0.2) is 6.10 Å². The minimum Gasteiger partial charge on any atom is -0.462 e. The second kappa shape index (κ2) is 68.2. The molecule has 0 saturated heterocycles. The number of hydrogen-bond acceptors (Lipinski definition) is 6. The largest absolute Gasteiger partial charge is 0.462 e. The van der Waals surface area contributed by atoms with Gasteiger partial charge < -0.3 is 14.2 Å². The van der Waals surface area contributed by atoms with Crippen LogP contribution in [0.5, 0.6) is 0 Å². The van der Waals surface area contributed by atoms with E-state index in [0.717, 1.165) is 148 Å². The second-order valence-corrected chi connectivity index (χ2v) is 20.2. The van der Waals surface area contributed by atoms with Crippen LogP contribution in [0.1, 0.15) is 226 Å². The fraction of sp³-hybridized carbons (Fsp3) is 0.494. The van der Waals surface area contributed by atoms with Crippen LogP contribution in [0.15, 0.2) is 219 Å². The Bertz CT molecular complexity index is 2080. The van der Waals surface area contributed by atoms with E-state index in [4.69, 9.17) is 14.2 Å². The Morgan fingerprint density at radius 2 is 0.494 bits per heavy atom. The van der Waals surface area contributed by atoms with Crippen molar-refractivity contribution < 1.29 is 28.6 Å². The van der Waals surface area contributed by atoms with E-state index >= 15 is 0 Å². The molecule has 0 amide bonds. The summed E-state index contributed by atoms with van der Waals surface area (Å²) in [5, 5.41) is 0. The third-order valence-corrected chi connectivity index (χ3v) is 12.5. The first-order chi connectivity index (χ1) is 41.0. The van der Waals surface area contributed by atoms with Crippen molar-refractivity contribution in [1.29, 1.82) is 0 Å². The molecule has 1 unspecified atom stereocenters. The number of carbonyl (C=O) groups excluding carboxylic acids is 3. The third-order valence-electron chi connectivity index (χ3n) is 12.5. The fourth-order valence-electron chi connectivity index (χ4n) is 7.80. The first-order valence-electron chi connectivity index (χ1n) is 32.2. The predicted molar refractivity (Wildman–Crippen MR) is 361 cm³/mol. The van der Waals surface area contributed by atoms with Gasteiger partial charge in [-0.1, -0.05) is 278 Å². The van der Waals surface area contributed by atoms with E-state index in [9.17, 15) is 14.4 Å². The van der Waals surface area contributed by atoms with Gasteiger partial charge in [-0.15, -0.1) is 0 Å². The number of carbonyl (C=O) groups is 3. The molecule has 458 valence electrons. The highest BCUT2D eigenvalue weighted by atomic mass is 16.6. The maximum absolute atomic E-state index is 12.9. The quantitative estimate of drug-likeness (QED) is 0.0261. The van der Waals surface area contributed by atoms with Crippen LogP contribution in [0, 0.1) is 0 Å². The van der Waals surface area contributed by atoms with Gasteiger partial charge in [-0.2, -0.15) is 0 Å². The maximum atomic E-state index is 12.9. The van der Waals surface area contributed by atoms with Crippen molar-refractivity contribution in [2.45, 2.75) is 232 Å². The van der Waals surface area contributed by atoms with Crippen LogP contribution >= 0.6 is 0 Å². The van der Waals surface area contributed by atoms with Crippen molar-refractivity contribution in [3.05, 3.63) is 219 Å². The molecule has 0 fully saturated rings. The zero-order valence-corrected chi connectivity index (χ0v) is 52.4. The normalized spacial score (nSPS) is 13.6. The van der Waals surface area contributed by atoms with Gasteiger partial charge in [0.1, 0.15) is 13.2 Å². The fourth-order valence-corrected chi connectivity index (χ4v) is 7.80. The van der Waals surface area contributed by atoms with Gasteiger partial charge in [0.2, 0.25) is 0 Å². The molecule has 6 heteroatoms. The second-order valence-electron chi connectivity index (χ2n) is 20.2. The van der Waals surface area contributed by atoms with E-state index in [0.29, 0.717) is 19.3 Å². The molecule has 0 N–H and O–H groups in total. The molecule has 0 bridgehead atoms. The Morgan fingerprint density at radius 3 is 0.819 bits per heavy atom. The first kappa shape index (κ1) is 76.7. The average Bonchev–Trinajstić information content (AvgIpc) is 3.49.